The van der Waals surface area contributed by atoms with E-state index in [1.54, 1.807) is 7.11 Å². The largest absolute Gasteiger partial charge is 0.481 e. The first-order valence-electron chi connectivity index (χ1n) is 7.25. The number of alkyl halides is 1. The maximum atomic E-state index is 6.37. The summed E-state index contributed by atoms with van der Waals surface area (Å²) in [6.45, 7) is 1.97. The van der Waals surface area contributed by atoms with Gasteiger partial charge in [-0.2, -0.15) is 16.7 Å². The van der Waals surface area contributed by atoms with Crippen molar-refractivity contribution in [2.24, 2.45) is 0 Å². The Kier molecular flexibility index (Phi) is 4.31. The summed E-state index contributed by atoms with van der Waals surface area (Å²) in [5.74, 6) is 1.54. The Morgan fingerprint density at radius 1 is 1.38 bits per heavy atom. The minimum atomic E-state index is -0.131. The summed E-state index contributed by atoms with van der Waals surface area (Å²) in [4.78, 5) is 9.32. The van der Waals surface area contributed by atoms with E-state index in [0.717, 1.165) is 23.4 Å². The molecule has 1 saturated carbocycles. The average molecular weight is 326 g/mol. The van der Waals surface area contributed by atoms with Gasteiger partial charge in [0.2, 0.25) is 5.88 Å². The molecule has 2 heterocycles. The summed E-state index contributed by atoms with van der Waals surface area (Å²) in [6, 6.07) is 4.23. The van der Waals surface area contributed by atoms with Gasteiger partial charge >= 0.3 is 0 Å². The predicted molar refractivity (Wildman–Crippen MR) is 88.5 cm³/mol. The topological polar surface area (TPSA) is 39.9 Å². The number of ether oxygens (including phenoxy) is 1. The molecule has 0 spiro atoms. The van der Waals surface area contributed by atoms with Gasteiger partial charge in [0.25, 0.3) is 0 Å². The number of aromatic nitrogens is 3. The van der Waals surface area contributed by atoms with Crippen LogP contribution in [0.25, 0.3) is 11.2 Å². The lowest BCUT2D eigenvalue weighted by molar-refractivity contribution is 0.398. The molecular formula is C15H20ClN3OS. The van der Waals surface area contributed by atoms with Crippen molar-refractivity contribution in [1.29, 1.82) is 0 Å². The molecule has 0 amide bonds. The lowest BCUT2D eigenvalue weighted by atomic mass is 10.2. The lowest BCUT2D eigenvalue weighted by Gasteiger charge is -2.22. The first kappa shape index (κ1) is 15.0. The molecule has 0 aliphatic heterocycles. The highest BCUT2D eigenvalue weighted by Crippen LogP contribution is 2.41. The Bertz CT molecular complexity index is 643. The van der Waals surface area contributed by atoms with Crippen LogP contribution in [0.2, 0.25) is 0 Å². The van der Waals surface area contributed by atoms with Gasteiger partial charge in [-0.1, -0.05) is 6.42 Å². The van der Waals surface area contributed by atoms with Crippen LogP contribution < -0.4 is 4.74 Å². The van der Waals surface area contributed by atoms with E-state index in [9.17, 15) is 0 Å². The van der Waals surface area contributed by atoms with Gasteiger partial charge in [-0.15, -0.1) is 11.6 Å². The number of fused-ring (bicyclic) bond motifs is 1. The highest BCUT2D eigenvalue weighted by Gasteiger charge is 2.32. The molecule has 3 atom stereocenters. The van der Waals surface area contributed by atoms with Crippen molar-refractivity contribution in [2.75, 3.05) is 13.4 Å². The van der Waals surface area contributed by atoms with Crippen LogP contribution in [0.15, 0.2) is 12.1 Å². The fourth-order valence-electron chi connectivity index (χ4n) is 3.17. The summed E-state index contributed by atoms with van der Waals surface area (Å²) in [5, 5.41) is 0.470. The Morgan fingerprint density at radius 3 is 2.86 bits per heavy atom. The van der Waals surface area contributed by atoms with Crippen molar-refractivity contribution in [3.63, 3.8) is 0 Å². The van der Waals surface area contributed by atoms with E-state index in [0.29, 0.717) is 17.2 Å². The van der Waals surface area contributed by atoms with Crippen LogP contribution in [-0.2, 0) is 0 Å². The van der Waals surface area contributed by atoms with Crippen LogP contribution in [0.5, 0.6) is 5.88 Å². The van der Waals surface area contributed by atoms with Gasteiger partial charge in [-0.05, 0) is 32.1 Å². The highest BCUT2D eigenvalue weighted by molar-refractivity contribution is 7.99. The minimum absolute atomic E-state index is 0.131. The van der Waals surface area contributed by atoms with Crippen LogP contribution in [0.3, 0.4) is 0 Å². The molecule has 0 radical (unpaired) electrons. The molecular weight excluding hydrogens is 306 g/mol. The van der Waals surface area contributed by atoms with Gasteiger partial charge in [0, 0.05) is 17.4 Å². The van der Waals surface area contributed by atoms with E-state index in [4.69, 9.17) is 21.3 Å². The number of methoxy groups -OCH3 is 1. The van der Waals surface area contributed by atoms with Gasteiger partial charge in [0.15, 0.2) is 5.65 Å². The number of nitrogens with zero attached hydrogens (tertiary/aromatic N) is 3. The van der Waals surface area contributed by atoms with Gasteiger partial charge in [0.1, 0.15) is 11.3 Å². The zero-order valence-electron chi connectivity index (χ0n) is 12.5. The van der Waals surface area contributed by atoms with Crippen molar-refractivity contribution in [2.45, 2.75) is 42.9 Å². The normalized spacial score (nSPS) is 23.6. The first-order valence-corrected chi connectivity index (χ1v) is 8.98. The fourth-order valence-corrected chi connectivity index (χ4v) is 4.30. The molecule has 3 rings (SSSR count). The number of thioether (sulfide) groups is 1. The Morgan fingerprint density at radius 2 is 2.19 bits per heavy atom. The van der Waals surface area contributed by atoms with Crippen LogP contribution in [0.4, 0.5) is 0 Å². The van der Waals surface area contributed by atoms with Crippen LogP contribution in [0, 0.1) is 0 Å². The molecule has 0 aromatic carbocycles. The van der Waals surface area contributed by atoms with Gasteiger partial charge in [-0.3, -0.25) is 0 Å². The monoisotopic (exact) mass is 325 g/mol. The standard InChI is InChI=1S/C15H20ClN3OS/c1-9(16)14-17-10-7-8-13(20-2)18-15(10)19(14)11-5-4-6-12(11)21-3/h7-9,11-12H,4-6H2,1-3H3. The summed E-state index contributed by atoms with van der Waals surface area (Å²) in [7, 11) is 1.64. The number of rotatable bonds is 4. The van der Waals surface area contributed by atoms with E-state index >= 15 is 0 Å². The number of hydrogen-bond donors (Lipinski definition) is 0. The lowest BCUT2D eigenvalue weighted by Crippen LogP contribution is -2.19. The van der Waals surface area contributed by atoms with Crippen LogP contribution in [-0.4, -0.2) is 33.2 Å². The van der Waals surface area contributed by atoms with Gasteiger partial charge in [-0.25, -0.2) is 4.98 Å². The number of halogens is 1. The molecule has 21 heavy (non-hydrogen) atoms. The maximum absolute atomic E-state index is 6.37. The third-order valence-electron chi connectivity index (χ3n) is 4.16. The third-order valence-corrected chi connectivity index (χ3v) is 5.51. The molecule has 1 aliphatic rings. The highest BCUT2D eigenvalue weighted by atomic mass is 35.5. The predicted octanol–water partition coefficient (Wildman–Crippen LogP) is 4.20. The summed E-state index contributed by atoms with van der Waals surface area (Å²) < 4.78 is 7.53. The third kappa shape index (κ3) is 2.61. The average Bonchev–Trinajstić information content (AvgIpc) is 3.09. The second-order valence-corrected chi connectivity index (χ2v) is 7.16. The van der Waals surface area contributed by atoms with Crippen molar-refractivity contribution in [1.82, 2.24) is 14.5 Å². The van der Waals surface area contributed by atoms with Crippen molar-refractivity contribution < 1.29 is 4.74 Å². The molecule has 114 valence electrons. The van der Waals surface area contributed by atoms with E-state index in [2.05, 4.69) is 15.8 Å². The molecule has 0 N–H and O–H groups in total. The first-order chi connectivity index (χ1) is 10.2. The maximum Gasteiger partial charge on any atom is 0.215 e. The summed E-state index contributed by atoms with van der Waals surface area (Å²) in [6.07, 6.45) is 5.83. The second-order valence-electron chi connectivity index (χ2n) is 5.42. The van der Waals surface area contributed by atoms with Gasteiger partial charge < -0.3 is 9.30 Å². The zero-order valence-corrected chi connectivity index (χ0v) is 14.1. The number of hydrogen-bond acceptors (Lipinski definition) is 4. The zero-order chi connectivity index (χ0) is 15.0. The molecule has 2 aromatic heterocycles. The molecule has 6 heteroatoms. The van der Waals surface area contributed by atoms with Crippen molar-refractivity contribution >= 4 is 34.5 Å². The van der Waals surface area contributed by atoms with Crippen LogP contribution in [0.1, 0.15) is 43.4 Å². The van der Waals surface area contributed by atoms with Crippen molar-refractivity contribution in [3.05, 3.63) is 18.0 Å². The number of pyridine rings is 1. The Hall–Kier alpha value is -0.940. The van der Waals surface area contributed by atoms with E-state index < -0.39 is 0 Å². The molecule has 0 saturated heterocycles. The van der Waals surface area contributed by atoms with E-state index in [-0.39, 0.29) is 5.38 Å². The Balaban J connectivity index is 2.19. The molecule has 2 aromatic rings. The second kappa shape index (κ2) is 6.05. The molecule has 1 fully saturated rings. The molecule has 0 bridgehead atoms. The molecule has 4 nitrogen and oxygen atoms in total. The van der Waals surface area contributed by atoms with Gasteiger partial charge in [0.05, 0.1) is 12.5 Å². The van der Waals surface area contributed by atoms with Crippen molar-refractivity contribution in [3.8, 4) is 5.88 Å². The van der Waals surface area contributed by atoms with E-state index in [1.807, 2.05) is 30.8 Å². The number of imidazole rings is 1. The summed E-state index contributed by atoms with van der Waals surface area (Å²) >= 11 is 8.30. The fraction of sp³-hybridized carbons (Fsp3) is 0.600. The SMILES string of the molecule is COc1ccc2nc(C(C)Cl)n(C3CCCC3SC)c2n1. The van der Waals surface area contributed by atoms with E-state index in [1.165, 1.54) is 12.8 Å². The summed E-state index contributed by atoms with van der Waals surface area (Å²) in [5.41, 5.74) is 1.79. The smallest absolute Gasteiger partial charge is 0.215 e. The Labute approximate surface area is 134 Å². The quantitative estimate of drug-likeness (QED) is 0.790. The molecule has 3 unspecified atom stereocenters. The minimum Gasteiger partial charge on any atom is -0.481 e. The van der Waals surface area contributed by atoms with Crippen LogP contribution >= 0.6 is 23.4 Å². The molecule has 1 aliphatic carbocycles.